The Balaban J connectivity index is 1.83. The Labute approximate surface area is 129 Å². The summed E-state index contributed by atoms with van der Waals surface area (Å²) in [6.45, 7) is 5.44. The number of nitrogens with one attached hydrogen (secondary N) is 1. The fourth-order valence-corrected chi connectivity index (χ4v) is 2.06. The number of hydrogen-bond donors (Lipinski definition) is 2. The molecule has 0 unspecified atom stereocenters. The van der Waals surface area contributed by atoms with Crippen molar-refractivity contribution in [2.75, 3.05) is 39.5 Å². The van der Waals surface area contributed by atoms with Crippen molar-refractivity contribution in [3.8, 4) is 11.5 Å². The van der Waals surface area contributed by atoms with E-state index in [4.69, 9.17) is 9.47 Å². The molecule has 1 amide bonds. The third-order valence-electron chi connectivity index (χ3n) is 3.16. The monoisotopic (exact) mass is 307 g/mol. The average molecular weight is 307 g/mol. The number of morpholine rings is 1. The Hall–Kier alpha value is -2.12. The molecule has 0 aromatic heterocycles. The van der Waals surface area contributed by atoms with Gasteiger partial charge in [-0.25, -0.2) is 5.43 Å². The van der Waals surface area contributed by atoms with E-state index in [0.29, 0.717) is 32.1 Å². The highest BCUT2D eigenvalue weighted by molar-refractivity contribution is 5.83. The second-order valence-corrected chi connectivity index (χ2v) is 4.84. The van der Waals surface area contributed by atoms with Crippen molar-refractivity contribution < 1.29 is 19.4 Å². The van der Waals surface area contributed by atoms with Crippen molar-refractivity contribution >= 4 is 12.1 Å². The van der Waals surface area contributed by atoms with Crippen LogP contribution in [0.4, 0.5) is 0 Å². The van der Waals surface area contributed by atoms with Crippen LogP contribution in [0.15, 0.2) is 23.3 Å². The zero-order valence-electron chi connectivity index (χ0n) is 12.6. The van der Waals surface area contributed by atoms with Gasteiger partial charge in [-0.05, 0) is 30.7 Å². The van der Waals surface area contributed by atoms with Crippen LogP contribution in [0.3, 0.4) is 0 Å². The minimum atomic E-state index is -0.165. The lowest BCUT2D eigenvalue weighted by atomic mass is 10.2. The normalized spacial score (nSPS) is 15.9. The summed E-state index contributed by atoms with van der Waals surface area (Å²) in [6, 6.07) is 4.88. The number of benzene rings is 1. The van der Waals surface area contributed by atoms with Crippen molar-refractivity contribution in [1.82, 2.24) is 10.3 Å². The van der Waals surface area contributed by atoms with Crippen LogP contribution in [0.5, 0.6) is 11.5 Å². The molecule has 7 nitrogen and oxygen atoms in total. The summed E-state index contributed by atoms with van der Waals surface area (Å²) in [6.07, 6.45) is 1.51. The topological polar surface area (TPSA) is 83.4 Å². The predicted octanol–water partition coefficient (Wildman–Crippen LogP) is 0.573. The van der Waals surface area contributed by atoms with Crippen molar-refractivity contribution in [2.45, 2.75) is 6.92 Å². The summed E-state index contributed by atoms with van der Waals surface area (Å²) >= 11 is 0. The number of hydrazone groups is 1. The van der Waals surface area contributed by atoms with Crippen LogP contribution in [-0.4, -0.2) is 61.6 Å². The van der Waals surface area contributed by atoms with Crippen LogP contribution < -0.4 is 10.2 Å². The van der Waals surface area contributed by atoms with Crippen LogP contribution in [0.1, 0.15) is 12.5 Å². The van der Waals surface area contributed by atoms with Gasteiger partial charge in [0.1, 0.15) is 0 Å². The SMILES string of the molecule is CCOc1cc(C=NNC(=O)CN2CCOCC2)ccc1O. The standard InChI is InChI=1S/C15H21N3O4/c1-2-22-14-9-12(3-4-13(14)19)10-16-17-15(20)11-18-5-7-21-8-6-18/h3-4,9-10,19H,2,5-8,11H2,1H3,(H,17,20). The Kier molecular flexibility index (Phi) is 6.17. The fraction of sp³-hybridized carbons (Fsp3) is 0.467. The van der Waals surface area contributed by atoms with Gasteiger partial charge in [0.05, 0.1) is 32.6 Å². The second kappa shape index (κ2) is 8.35. The van der Waals surface area contributed by atoms with E-state index in [-0.39, 0.29) is 11.7 Å². The number of ether oxygens (including phenoxy) is 2. The van der Waals surface area contributed by atoms with E-state index in [9.17, 15) is 9.90 Å². The number of phenolic OH excluding ortho intramolecular Hbond substituents is 1. The Morgan fingerprint density at radius 1 is 1.50 bits per heavy atom. The van der Waals surface area contributed by atoms with E-state index < -0.39 is 0 Å². The third-order valence-corrected chi connectivity index (χ3v) is 3.16. The summed E-state index contributed by atoms with van der Waals surface area (Å²) < 4.78 is 10.5. The molecule has 1 aromatic rings. The molecule has 7 heteroatoms. The van der Waals surface area contributed by atoms with Crippen LogP contribution in [0.25, 0.3) is 0 Å². The Morgan fingerprint density at radius 3 is 3.00 bits per heavy atom. The highest BCUT2D eigenvalue weighted by Gasteiger charge is 2.13. The molecule has 2 rings (SSSR count). The van der Waals surface area contributed by atoms with Crippen molar-refractivity contribution in [3.63, 3.8) is 0 Å². The van der Waals surface area contributed by atoms with Crippen LogP contribution >= 0.6 is 0 Å². The third kappa shape index (κ3) is 5.01. The molecule has 1 aliphatic rings. The summed E-state index contributed by atoms with van der Waals surface area (Å²) in [5, 5.41) is 13.5. The maximum atomic E-state index is 11.8. The molecule has 2 N–H and O–H groups in total. The summed E-state index contributed by atoms with van der Waals surface area (Å²) in [5.74, 6) is 0.309. The maximum absolute atomic E-state index is 11.8. The van der Waals surface area contributed by atoms with Gasteiger partial charge < -0.3 is 14.6 Å². The van der Waals surface area contributed by atoms with Gasteiger partial charge in [0.25, 0.3) is 5.91 Å². The highest BCUT2D eigenvalue weighted by atomic mass is 16.5. The van der Waals surface area contributed by atoms with Gasteiger partial charge in [0, 0.05) is 13.1 Å². The largest absolute Gasteiger partial charge is 0.504 e. The number of nitrogens with zero attached hydrogens (tertiary/aromatic N) is 2. The lowest BCUT2D eigenvalue weighted by Crippen LogP contribution is -2.42. The minimum absolute atomic E-state index is 0.0790. The maximum Gasteiger partial charge on any atom is 0.254 e. The number of phenols is 1. The number of aromatic hydroxyl groups is 1. The highest BCUT2D eigenvalue weighted by Crippen LogP contribution is 2.26. The molecular weight excluding hydrogens is 286 g/mol. The first-order chi connectivity index (χ1) is 10.7. The molecule has 1 heterocycles. The van der Waals surface area contributed by atoms with Crippen LogP contribution in [-0.2, 0) is 9.53 Å². The lowest BCUT2D eigenvalue weighted by Gasteiger charge is -2.25. The number of amides is 1. The fourth-order valence-electron chi connectivity index (χ4n) is 2.06. The molecule has 0 aliphatic carbocycles. The second-order valence-electron chi connectivity index (χ2n) is 4.84. The average Bonchev–Trinajstić information content (AvgIpc) is 2.51. The molecular formula is C15H21N3O4. The molecule has 0 saturated carbocycles. The molecule has 0 spiro atoms. The molecule has 0 atom stereocenters. The van der Waals surface area contributed by atoms with E-state index in [2.05, 4.69) is 10.5 Å². The molecule has 120 valence electrons. The van der Waals surface area contributed by atoms with Gasteiger partial charge in [-0.3, -0.25) is 9.69 Å². The number of carbonyl (C=O) groups excluding carboxylic acids is 1. The minimum Gasteiger partial charge on any atom is -0.504 e. The summed E-state index contributed by atoms with van der Waals surface area (Å²) in [5.41, 5.74) is 3.22. The lowest BCUT2D eigenvalue weighted by molar-refractivity contribution is -0.123. The molecule has 0 bridgehead atoms. The van der Waals surface area contributed by atoms with Crippen LogP contribution in [0.2, 0.25) is 0 Å². The van der Waals surface area contributed by atoms with E-state index in [0.717, 1.165) is 18.7 Å². The number of rotatable bonds is 6. The van der Waals surface area contributed by atoms with E-state index >= 15 is 0 Å². The number of carbonyl (C=O) groups is 1. The Morgan fingerprint density at radius 2 is 2.27 bits per heavy atom. The van der Waals surface area contributed by atoms with E-state index in [1.807, 2.05) is 11.8 Å². The first-order valence-corrected chi connectivity index (χ1v) is 7.27. The number of hydrogen-bond acceptors (Lipinski definition) is 6. The zero-order chi connectivity index (χ0) is 15.8. The first kappa shape index (κ1) is 16.3. The van der Waals surface area contributed by atoms with Crippen molar-refractivity contribution in [1.29, 1.82) is 0 Å². The molecule has 1 aromatic carbocycles. The van der Waals surface area contributed by atoms with Gasteiger partial charge in [-0.1, -0.05) is 0 Å². The molecule has 1 aliphatic heterocycles. The summed E-state index contributed by atoms with van der Waals surface area (Å²) in [4.78, 5) is 13.8. The predicted molar refractivity (Wildman–Crippen MR) is 82.3 cm³/mol. The molecule has 1 fully saturated rings. The van der Waals surface area contributed by atoms with Gasteiger partial charge in [-0.15, -0.1) is 0 Å². The van der Waals surface area contributed by atoms with Gasteiger partial charge >= 0.3 is 0 Å². The quantitative estimate of drug-likeness (QED) is 0.593. The van der Waals surface area contributed by atoms with Crippen molar-refractivity contribution in [2.24, 2.45) is 5.10 Å². The first-order valence-electron chi connectivity index (χ1n) is 7.27. The Bertz CT molecular complexity index is 528. The van der Waals surface area contributed by atoms with Gasteiger partial charge in [-0.2, -0.15) is 5.10 Å². The molecule has 1 saturated heterocycles. The van der Waals surface area contributed by atoms with E-state index in [1.165, 1.54) is 12.3 Å². The smallest absolute Gasteiger partial charge is 0.254 e. The molecule has 22 heavy (non-hydrogen) atoms. The van der Waals surface area contributed by atoms with Gasteiger partial charge in [0.2, 0.25) is 0 Å². The van der Waals surface area contributed by atoms with Crippen molar-refractivity contribution in [3.05, 3.63) is 23.8 Å². The van der Waals surface area contributed by atoms with Gasteiger partial charge in [0.15, 0.2) is 11.5 Å². The summed E-state index contributed by atoms with van der Waals surface area (Å²) in [7, 11) is 0. The zero-order valence-corrected chi connectivity index (χ0v) is 12.6. The van der Waals surface area contributed by atoms with E-state index in [1.54, 1.807) is 12.1 Å². The molecule has 0 radical (unpaired) electrons. The van der Waals surface area contributed by atoms with Crippen LogP contribution in [0, 0.1) is 0 Å².